The maximum Gasteiger partial charge on any atom is 0.418 e. The maximum atomic E-state index is 12.9. The van der Waals surface area contributed by atoms with Crippen molar-refractivity contribution >= 4 is 21.6 Å². The SMILES string of the molecule is FC(F)(F)c1cc(Br)ccc1NC1CCNCC1. The lowest BCUT2D eigenvalue weighted by Crippen LogP contribution is -2.35. The van der Waals surface area contributed by atoms with Crippen LogP contribution in [0.25, 0.3) is 0 Å². The summed E-state index contributed by atoms with van der Waals surface area (Å²) in [6.45, 7) is 1.69. The Balaban J connectivity index is 2.21. The lowest BCUT2D eigenvalue weighted by atomic mass is 10.1. The quantitative estimate of drug-likeness (QED) is 0.868. The van der Waals surface area contributed by atoms with E-state index in [1.165, 1.54) is 6.07 Å². The highest BCUT2D eigenvalue weighted by atomic mass is 79.9. The molecule has 1 aliphatic heterocycles. The van der Waals surface area contributed by atoms with Gasteiger partial charge < -0.3 is 10.6 Å². The number of benzene rings is 1. The third-order valence-electron chi connectivity index (χ3n) is 2.99. The first kappa shape index (κ1) is 13.7. The molecule has 2 nitrogen and oxygen atoms in total. The Morgan fingerprint density at radius 3 is 2.50 bits per heavy atom. The van der Waals surface area contributed by atoms with Gasteiger partial charge in [0, 0.05) is 16.2 Å². The van der Waals surface area contributed by atoms with Crippen molar-refractivity contribution in [3.63, 3.8) is 0 Å². The molecule has 1 aliphatic rings. The minimum absolute atomic E-state index is 0.105. The van der Waals surface area contributed by atoms with Gasteiger partial charge in [-0.1, -0.05) is 15.9 Å². The second kappa shape index (κ2) is 5.48. The van der Waals surface area contributed by atoms with E-state index in [-0.39, 0.29) is 11.7 Å². The van der Waals surface area contributed by atoms with Gasteiger partial charge in [-0.25, -0.2) is 0 Å². The van der Waals surface area contributed by atoms with Crippen molar-refractivity contribution in [2.24, 2.45) is 0 Å². The van der Waals surface area contributed by atoms with Crippen LogP contribution in [0.2, 0.25) is 0 Å². The Morgan fingerprint density at radius 2 is 1.89 bits per heavy atom. The minimum atomic E-state index is -4.33. The van der Waals surface area contributed by atoms with Crippen LogP contribution in [0.15, 0.2) is 22.7 Å². The highest BCUT2D eigenvalue weighted by Crippen LogP contribution is 2.37. The van der Waals surface area contributed by atoms with Crippen LogP contribution in [0, 0.1) is 0 Å². The number of halogens is 4. The summed E-state index contributed by atoms with van der Waals surface area (Å²) >= 11 is 3.08. The molecule has 6 heteroatoms. The van der Waals surface area contributed by atoms with E-state index >= 15 is 0 Å². The first-order chi connectivity index (χ1) is 8.47. The van der Waals surface area contributed by atoms with E-state index in [0.717, 1.165) is 32.0 Å². The largest absolute Gasteiger partial charge is 0.418 e. The summed E-state index contributed by atoms with van der Waals surface area (Å²) in [5.41, 5.74) is -0.451. The van der Waals surface area contributed by atoms with Crippen molar-refractivity contribution < 1.29 is 13.2 Å². The van der Waals surface area contributed by atoms with Crippen LogP contribution in [0.4, 0.5) is 18.9 Å². The molecule has 1 aromatic rings. The van der Waals surface area contributed by atoms with Gasteiger partial charge in [-0.3, -0.25) is 0 Å². The molecule has 2 N–H and O–H groups in total. The van der Waals surface area contributed by atoms with Crippen molar-refractivity contribution in [3.05, 3.63) is 28.2 Å². The van der Waals surface area contributed by atoms with Crippen molar-refractivity contribution in [3.8, 4) is 0 Å². The predicted octanol–water partition coefficient (Wildman–Crippen LogP) is 3.63. The zero-order valence-corrected chi connectivity index (χ0v) is 11.2. The number of anilines is 1. The molecule has 0 unspecified atom stereocenters. The Labute approximate surface area is 112 Å². The molecule has 1 saturated heterocycles. The Morgan fingerprint density at radius 1 is 1.22 bits per heavy atom. The molecule has 1 fully saturated rings. The number of hydrogen-bond acceptors (Lipinski definition) is 2. The molecule has 100 valence electrons. The average molecular weight is 323 g/mol. The van der Waals surface area contributed by atoms with Crippen molar-refractivity contribution in [2.75, 3.05) is 18.4 Å². The van der Waals surface area contributed by atoms with Gasteiger partial charge in [-0.05, 0) is 44.1 Å². The molecule has 0 saturated carbocycles. The topological polar surface area (TPSA) is 24.1 Å². The average Bonchev–Trinajstić information content (AvgIpc) is 2.31. The summed E-state index contributed by atoms with van der Waals surface area (Å²) in [6, 6.07) is 4.32. The van der Waals surface area contributed by atoms with E-state index in [4.69, 9.17) is 0 Å². The monoisotopic (exact) mass is 322 g/mol. The highest BCUT2D eigenvalue weighted by molar-refractivity contribution is 9.10. The third kappa shape index (κ3) is 3.38. The molecule has 0 aromatic heterocycles. The molecule has 0 spiro atoms. The van der Waals surface area contributed by atoms with Crippen molar-refractivity contribution in [1.82, 2.24) is 5.32 Å². The summed E-state index contributed by atoms with van der Waals surface area (Å²) in [6.07, 6.45) is -2.65. The van der Waals surface area contributed by atoms with Crippen molar-refractivity contribution in [2.45, 2.75) is 25.1 Å². The van der Waals surface area contributed by atoms with Crippen LogP contribution < -0.4 is 10.6 Å². The number of alkyl halides is 3. The van der Waals surface area contributed by atoms with Gasteiger partial charge in [0.05, 0.1) is 5.56 Å². The normalized spacial score (nSPS) is 17.8. The van der Waals surface area contributed by atoms with Crippen LogP contribution in [0.1, 0.15) is 18.4 Å². The molecular formula is C12H14BrF3N2. The fraction of sp³-hybridized carbons (Fsp3) is 0.500. The summed E-state index contributed by atoms with van der Waals surface area (Å²) in [5, 5.41) is 6.19. The van der Waals surface area contributed by atoms with Gasteiger partial charge in [0.15, 0.2) is 0 Å². The van der Waals surface area contributed by atoms with E-state index in [2.05, 4.69) is 26.6 Å². The third-order valence-corrected chi connectivity index (χ3v) is 3.48. The molecule has 0 radical (unpaired) electrons. The fourth-order valence-electron chi connectivity index (χ4n) is 2.06. The number of nitrogens with one attached hydrogen (secondary N) is 2. The number of rotatable bonds is 2. The number of hydrogen-bond donors (Lipinski definition) is 2. The van der Waals surface area contributed by atoms with E-state index < -0.39 is 11.7 Å². The second-order valence-corrected chi connectivity index (χ2v) is 5.27. The summed E-state index contributed by atoms with van der Waals surface area (Å²) in [4.78, 5) is 0. The highest BCUT2D eigenvalue weighted by Gasteiger charge is 2.34. The molecule has 0 aliphatic carbocycles. The van der Waals surface area contributed by atoms with Crippen LogP contribution in [0.5, 0.6) is 0 Å². The maximum absolute atomic E-state index is 12.9. The zero-order chi connectivity index (χ0) is 13.2. The standard InChI is InChI=1S/C12H14BrF3N2/c13-8-1-2-11(10(7-8)12(14,15)16)18-9-3-5-17-6-4-9/h1-2,7,9,17-18H,3-6H2. The lowest BCUT2D eigenvalue weighted by Gasteiger charge is -2.26. The molecule has 1 aromatic carbocycles. The molecule has 1 heterocycles. The second-order valence-electron chi connectivity index (χ2n) is 4.36. The Hall–Kier alpha value is -0.750. The minimum Gasteiger partial charge on any atom is -0.382 e. The molecule has 2 rings (SSSR count). The molecule has 0 atom stereocenters. The Kier molecular flexibility index (Phi) is 4.17. The van der Waals surface area contributed by atoms with Crippen LogP contribution in [-0.4, -0.2) is 19.1 Å². The van der Waals surface area contributed by atoms with Gasteiger partial charge in [-0.15, -0.1) is 0 Å². The predicted molar refractivity (Wildman–Crippen MR) is 68.7 cm³/mol. The van der Waals surface area contributed by atoms with Gasteiger partial charge in [0.1, 0.15) is 0 Å². The van der Waals surface area contributed by atoms with E-state index in [1.54, 1.807) is 6.07 Å². The summed E-state index contributed by atoms with van der Waals surface area (Å²) < 4.78 is 39.2. The first-order valence-corrected chi connectivity index (χ1v) is 6.60. The fourth-order valence-corrected chi connectivity index (χ4v) is 2.42. The first-order valence-electron chi connectivity index (χ1n) is 5.81. The van der Waals surface area contributed by atoms with Crippen LogP contribution in [-0.2, 0) is 6.18 Å². The smallest absolute Gasteiger partial charge is 0.382 e. The number of piperidine rings is 1. The van der Waals surface area contributed by atoms with E-state index in [0.29, 0.717) is 4.47 Å². The van der Waals surface area contributed by atoms with Crippen LogP contribution in [0.3, 0.4) is 0 Å². The van der Waals surface area contributed by atoms with Gasteiger partial charge in [-0.2, -0.15) is 13.2 Å². The van der Waals surface area contributed by atoms with Crippen molar-refractivity contribution in [1.29, 1.82) is 0 Å². The zero-order valence-electron chi connectivity index (χ0n) is 9.65. The van der Waals surface area contributed by atoms with E-state index in [9.17, 15) is 13.2 Å². The van der Waals surface area contributed by atoms with E-state index in [1.807, 2.05) is 0 Å². The van der Waals surface area contributed by atoms with Gasteiger partial charge in [0.2, 0.25) is 0 Å². The van der Waals surface area contributed by atoms with Gasteiger partial charge in [0.25, 0.3) is 0 Å². The summed E-state index contributed by atoms with van der Waals surface area (Å²) in [7, 11) is 0. The van der Waals surface area contributed by atoms with Crippen LogP contribution >= 0.6 is 15.9 Å². The Bertz CT molecular complexity index is 414. The lowest BCUT2D eigenvalue weighted by molar-refractivity contribution is -0.137. The molecule has 0 amide bonds. The molecule has 18 heavy (non-hydrogen) atoms. The molecular weight excluding hydrogens is 309 g/mol. The van der Waals surface area contributed by atoms with Gasteiger partial charge >= 0.3 is 6.18 Å². The molecule has 0 bridgehead atoms. The summed E-state index contributed by atoms with van der Waals surface area (Å²) in [5.74, 6) is 0.